The molecule has 0 bridgehead atoms. The van der Waals surface area contributed by atoms with Gasteiger partial charge >= 0.3 is 0 Å². The smallest absolute Gasteiger partial charge is 0.219 e. The minimum atomic E-state index is -0.0656. The molecular weight excluding hydrogens is 432 g/mol. The average molecular weight is 465 g/mol. The molecule has 0 saturated carbocycles. The molecule has 1 aromatic heterocycles. The number of carbonyl (C=O) groups excluding carboxylic acids is 1. The van der Waals surface area contributed by atoms with Crippen LogP contribution < -0.4 is 10.2 Å². The second kappa shape index (κ2) is 9.23. The molecule has 3 N–H and O–H groups in total. The molecule has 1 atom stereocenters. The van der Waals surface area contributed by atoms with Crippen molar-refractivity contribution in [1.82, 2.24) is 20.0 Å². The average Bonchev–Trinajstić information content (AvgIpc) is 3.59. The van der Waals surface area contributed by atoms with Gasteiger partial charge in [-0.1, -0.05) is 6.07 Å². The van der Waals surface area contributed by atoms with Crippen molar-refractivity contribution in [3.8, 4) is 11.1 Å². The molecular formula is C25H32N6O3. The third-order valence-corrected chi connectivity index (χ3v) is 7.11. The summed E-state index contributed by atoms with van der Waals surface area (Å²) in [5, 5.41) is 27.3. The first kappa shape index (κ1) is 22.6. The van der Waals surface area contributed by atoms with Crippen molar-refractivity contribution in [2.24, 2.45) is 7.05 Å². The van der Waals surface area contributed by atoms with E-state index in [0.29, 0.717) is 38.5 Å². The van der Waals surface area contributed by atoms with E-state index < -0.39 is 0 Å². The fourth-order valence-corrected chi connectivity index (χ4v) is 5.27. The van der Waals surface area contributed by atoms with Crippen molar-refractivity contribution >= 4 is 17.4 Å². The van der Waals surface area contributed by atoms with Crippen LogP contribution in [0.3, 0.4) is 0 Å². The fourth-order valence-electron chi connectivity index (χ4n) is 5.27. The van der Waals surface area contributed by atoms with Crippen molar-refractivity contribution in [3.63, 3.8) is 0 Å². The number of amidine groups is 1. The van der Waals surface area contributed by atoms with Crippen molar-refractivity contribution in [1.29, 1.82) is 5.41 Å². The number of aryl methyl sites for hydroxylation is 1. The minimum absolute atomic E-state index is 0.0269. The first-order valence-corrected chi connectivity index (χ1v) is 11.9. The molecule has 2 aromatic rings. The number of aromatic nitrogens is 2. The van der Waals surface area contributed by atoms with Gasteiger partial charge in [-0.25, -0.2) is 0 Å². The number of hydrogen-bond donors (Lipinski definition) is 3. The fraction of sp³-hybridized carbons (Fsp3) is 0.480. The van der Waals surface area contributed by atoms with E-state index in [9.17, 15) is 15.3 Å². The maximum Gasteiger partial charge on any atom is 0.219 e. The molecule has 0 radical (unpaired) electrons. The van der Waals surface area contributed by atoms with Crippen LogP contribution in [-0.4, -0.2) is 70.4 Å². The lowest BCUT2D eigenvalue weighted by Crippen LogP contribution is -2.44. The Morgan fingerprint density at radius 1 is 1.32 bits per heavy atom. The summed E-state index contributed by atoms with van der Waals surface area (Å²) in [4.78, 5) is 16.0. The molecule has 4 heterocycles. The molecule has 0 spiro atoms. The van der Waals surface area contributed by atoms with E-state index in [-0.39, 0.29) is 18.6 Å². The highest BCUT2D eigenvalue weighted by Gasteiger charge is 2.32. The third kappa shape index (κ3) is 4.10. The quantitative estimate of drug-likeness (QED) is 0.460. The van der Waals surface area contributed by atoms with E-state index in [1.54, 1.807) is 11.6 Å². The van der Waals surface area contributed by atoms with Gasteiger partial charge in [-0.2, -0.15) is 5.10 Å². The van der Waals surface area contributed by atoms with Crippen molar-refractivity contribution < 1.29 is 14.6 Å². The van der Waals surface area contributed by atoms with Gasteiger partial charge in [0.2, 0.25) is 5.91 Å². The summed E-state index contributed by atoms with van der Waals surface area (Å²) in [6.45, 7) is 4.69. The number of benzene rings is 1. The van der Waals surface area contributed by atoms with Gasteiger partial charge in [-0.3, -0.25) is 14.9 Å². The van der Waals surface area contributed by atoms with Crippen LogP contribution in [0, 0.1) is 5.41 Å². The highest BCUT2D eigenvalue weighted by atomic mass is 16.5. The van der Waals surface area contributed by atoms with Crippen LogP contribution in [0.25, 0.3) is 11.1 Å². The number of nitrogens with one attached hydrogen (secondary N) is 2. The zero-order valence-corrected chi connectivity index (χ0v) is 19.8. The Morgan fingerprint density at radius 3 is 2.85 bits per heavy atom. The number of anilines is 1. The number of aliphatic hydroxyl groups is 1. The van der Waals surface area contributed by atoms with Crippen LogP contribution in [0.4, 0.5) is 5.69 Å². The Labute approximate surface area is 199 Å². The molecule has 180 valence electrons. The van der Waals surface area contributed by atoms with Crippen molar-refractivity contribution in [2.45, 2.75) is 38.8 Å². The van der Waals surface area contributed by atoms with E-state index >= 15 is 0 Å². The molecule has 1 fully saturated rings. The van der Waals surface area contributed by atoms with Crippen molar-refractivity contribution in [3.05, 3.63) is 46.9 Å². The molecule has 0 aliphatic carbocycles. The maximum absolute atomic E-state index is 12.1. The minimum Gasteiger partial charge on any atom is -0.392 e. The first-order valence-electron chi connectivity index (χ1n) is 11.9. The van der Waals surface area contributed by atoms with Gasteiger partial charge in [0.05, 0.1) is 32.0 Å². The topological polar surface area (TPSA) is 107 Å². The molecule has 3 aliphatic rings. The van der Waals surface area contributed by atoms with Crippen LogP contribution in [0.1, 0.15) is 30.9 Å². The number of carbonyl (C=O) groups is 1. The third-order valence-electron chi connectivity index (χ3n) is 7.11. The Hall–Kier alpha value is -3.17. The maximum atomic E-state index is 12.1. The summed E-state index contributed by atoms with van der Waals surface area (Å²) >= 11 is 0. The van der Waals surface area contributed by atoms with E-state index in [0.717, 1.165) is 58.7 Å². The van der Waals surface area contributed by atoms with Crippen LogP contribution >= 0.6 is 0 Å². The molecule has 1 saturated heterocycles. The molecule has 9 nitrogen and oxygen atoms in total. The van der Waals surface area contributed by atoms with Gasteiger partial charge in [-0.05, 0) is 35.6 Å². The number of nitrogens with zero attached hydrogens (tertiary/aromatic N) is 4. The lowest BCUT2D eigenvalue weighted by atomic mass is 9.96. The Bertz CT molecular complexity index is 1150. The molecule has 1 amide bonds. The first-order chi connectivity index (χ1) is 16.5. The number of ether oxygens (including phenoxy) is 1. The van der Waals surface area contributed by atoms with E-state index in [4.69, 9.17) is 4.74 Å². The van der Waals surface area contributed by atoms with E-state index in [2.05, 4.69) is 10.4 Å². The van der Waals surface area contributed by atoms with Crippen LogP contribution in [-0.2, 0) is 29.6 Å². The summed E-state index contributed by atoms with van der Waals surface area (Å²) in [6, 6.07) is 4.30. The number of hydrogen-bond acceptors (Lipinski definition) is 6. The lowest BCUT2D eigenvalue weighted by molar-refractivity contribution is -0.128. The molecule has 5 rings (SSSR count). The zero-order valence-electron chi connectivity index (χ0n) is 19.8. The summed E-state index contributed by atoms with van der Waals surface area (Å²) in [6.07, 6.45) is 6.16. The summed E-state index contributed by atoms with van der Waals surface area (Å²) in [5.41, 5.74) is 6.78. The largest absolute Gasteiger partial charge is 0.392 e. The summed E-state index contributed by atoms with van der Waals surface area (Å²) < 4.78 is 7.29. The molecule has 1 aromatic carbocycles. The molecule has 9 heteroatoms. The summed E-state index contributed by atoms with van der Waals surface area (Å²) in [7, 11) is 1.88. The van der Waals surface area contributed by atoms with E-state index in [1.165, 1.54) is 0 Å². The van der Waals surface area contributed by atoms with Gasteiger partial charge < -0.3 is 25.0 Å². The Kier molecular flexibility index (Phi) is 6.14. The molecule has 1 unspecified atom stereocenters. The van der Waals surface area contributed by atoms with Gasteiger partial charge in [0, 0.05) is 68.8 Å². The van der Waals surface area contributed by atoms with E-state index in [1.807, 2.05) is 41.4 Å². The lowest BCUT2D eigenvalue weighted by Gasteiger charge is -2.34. The summed E-state index contributed by atoms with van der Waals surface area (Å²) in [5.74, 6) is 0.447. The Balaban J connectivity index is 1.48. The number of rotatable bonds is 5. The zero-order chi connectivity index (χ0) is 23.8. The van der Waals surface area contributed by atoms with Gasteiger partial charge in [0.25, 0.3) is 0 Å². The monoisotopic (exact) mass is 464 g/mol. The van der Waals surface area contributed by atoms with Gasteiger partial charge in [0.1, 0.15) is 5.84 Å². The second-order valence-electron chi connectivity index (χ2n) is 9.25. The van der Waals surface area contributed by atoms with Crippen molar-refractivity contribution in [2.75, 3.05) is 37.7 Å². The second-order valence-corrected chi connectivity index (χ2v) is 9.25. The Morgan fingerprint density at radius 2 is 2.18 bits per heavy atom. The number of aliphatic hydroxyl groups excluding tert-OH is 1. The van der Waals surface area contributed by atoms with Gasteiger partial charge in [-0.15, -0.1) is 0 Å². The molecule has 34 heavy (non-hydrogen) atoms. The normalized spacial score (nSPS) is 20.1. The predicted octanol–water partition coefficient (Wildman–Crippen LogP) is 1.80. The standard InChI is InChI=1S/C25H32N6O3/c1-16(33)30-8-6-23(28-18-7-10-34-15-18)21(13-30)25(26)31-9-5-20-22(14-32)19(3-4-24(20)31)17-11-27-29(2)12-17/h3-4,11-12,18,26,28,32H,5-10,13-15H2,1-2H3. The van der Waals surface area contributed by atoms with Crippen LogP contribution in [0.5, 0.6) is 0 Å². The predicted molar refractivity (Wildman–Crippen MR) is 130 cm³/mol. The van der Waals surface area contributed by atoms with Gasteiger partial charge in [0.15, 0.2) is 0 Å². The van der Waals surface area contributed by atoms with Crippen LogP contribution in [0.2, 0.25) is 0 Å². The highest BCUT2D eigenvalue weighted by Crippen LogP contribution is 2.38. The SMILES string of the molecule is CC(=O)N1CCC(NC2CCOC2)=C(C(=N)N2CCc3c2ccc(-c2cnn(C)c2)c3CO)C1. The van der Waals surface area contributed by atoms with Crippen LogP contribution in [0.15, 0.2) is 35.8 Å². The number of fused-ring (bicyclic) bond motifs is 1. The number of amides is 1. The molecule has 3 aliphatic heterocycles. The highest BCUT2D eigenvalue weighted by molar-refractivity contribution is 6.10.